The van der Waals surface area contributed by atoms with Gasteiger partial charge >= 0.3 is 11.9 Å². The number of carbonyl (C=O) groups is 2. The van der Waals surface area contributed by atoms with Gasteiger partial charge in [-0.1, -0.05) is 50.0 Å². The fourth-order valence-corrected chi connectivity index (χ4v) is 4.52. The molecule has 0 aliphatic heterocycles. The zero-order valence-corrected chi connectivity index (χ0v) is 13.7. The number of carbonyl (C=O) groups excluding carboxylic acids is 2. The topological polar surface area (TPSA) is 52.6 Å². The van der Waals surface area contributed by atoms with E-state index in [0.717, 1.165) is 5.56 Å². The van der Waals surface area contributed by atoms with Crippen LogP contribution < -0.4 is 0 Å². The lowest BCUT2D eigenvalue weighted by Crippen LogP contribution is -2.41. The summed E-state index contributed by atoms with van der Waals surface area (Å²) in [4.78, 5) is 24.4. The van der Waals surface area contributed by atoms with E-state index in [-0.39, 0.29) is 5.97 Å². The Hall–Kier alpha value is -1.62. The Bertz CT molecular complexity index is 465. The van der Waals surface area contributed by atoms with Crippen molar-refractivity contribution < 1.29 is 19.1 Å². The molecule has 0 aromatic heterocycles. The van der Waals surface area contributed by atoms with Crippen molar-refractivity contribution >= 4 is 20.0 Å². The Labute approximate surface area is 121 Å². The maximum absolute atomic E-state index is 12.2. The fourth-order valence-electron chi connectivity index (χ4n) is 2.37. The highest BCUT2D eigenvalue weighted by Gasteiger charge is 2.44. The van der Waals surface area contributed by atoms with Crippen molar-refractivity contribution in [2.45, 2.75) is 31.1 Å². The highest BCUT2D eigenvalue weighted by atomic mass is 28.3. The highest BCUT2D eigenvalue weighted by Crippen LogP contribution is 2.39. The molecule has 4 nitrogen and oxygen atoms in total. The summed E-state index contributed by atoms with van der Waals surface area (Å²) in [5.74, 6) is -1.35. The Balaban J connectivity index is 3.33. The molecule has 0 aliphatic carbocycles. The van der Waals surface area contributed by atoms with Gasteiger partial charge in [0.2, 0.25) is 0 Å². The summed E-state index contributed by atoms with van der Waals surface area (Å²) in [7, 11) is 0.729. The van der Waals surface area contributed by atoms with E-state index in [4.69, 9.17) is 9.47 Å². The Kier molecular flexibility index (Phi) is 5.50. The molecule has 0 bridgehead atoms. The van der Waals surface area contributed by atoms with Gasteiger partial charge < -0.3 is 9.47 Å². The lowest BCUT2D eigenvalue weighted by molar-refractivity contribution is -0.149. The average Bonchev–Trinajstić information content (AvgIpc) is 2.42. The monoisotopic (exact) mass is 294 g/mol. The van der Waals surface area contributed by atoms with Crippen molar-refractivity contribution in [3.63, 3.8) is 0 Å². The fraction of sp³-hybridized carbons (Fsp3) is 0.467. The second kappa shape index (κ2) is 6.70. The summed E-state index contributed by atoms with van der Waals surface area (Å²) in [6, 6.07) is 9.27. The van der Waals surface area contributed by atoms with Crippen molar-refractivity contribution in [2.75, 3.05) is 14.2 Å². The van der Waals surface area contributed by atoms with E-state index in [1.807, 2.05) is 50.0 Å². The van der Waals surface area contributed by atoms with Crippen molar-refractivity contribution in [1.29, 1.82) is 0 Å². The molecule has 1 rings (SSSR count). The molecule has 0 N–H and O–H groups in total. The third-order valence-corrected chi connectivity index (χ3v) is 5.77. The van der Waals surface area contributed by atoms with Gasteiger partial charge in [-0.3, -0.25) is 9.59 Å². The largest absolute Gasteiger partial charge is 0.469 e. The van der Waals surface area contributed by atoms with Crippen molar-refractivity contribution in [3.05, 3.63) is 35.9 Å². The van der Waals surface area contributed by atoms with Gasteiger partial charge in [0, 0.05) is 0 Å². The third kappa shape index (κ3) is 3.69. The minimum Gasteiger partial charge on any atom is -0.469 e. The van der Waals surface area contributed by atoms with Crippen LogP contribution in [-0.4, -0.2) is 34.2 Å². The maximum atomic E-state index is 12.2. The molecule has 0 amide bonds. The molecule has 2 unspecified atom stereocenters. The molecule has 20 heavy (non-hydrogen) atoms. The minimum absolute atomic E-state index is 0.344. The van der Waals surface area contributed by atoms with E-state index < -0.39 is 25.5 Å². The normalized spacial score (nSPS) is 14.2. The van der Waals surface area contributed by atoms with Gasteiger partial charge in [-0.05, 0) is 5.56 Å². The van der Waals surface area contributed by atoms with Crippen LogP contribution in [0.25, 0.3) is 0 Å². The van der Waals surface area contributed by atoms with E-state index in [1.54, 1.807) is 0 Å². The predicted octanol–water partition coefficient (Wildman–Crippen LogP) is 2.82. The second-order valence-electron chi connectivity index (χ2n) is 5.78. The maximum Gasteiger partial charge on any atom is 0.313 e. The number of hydrogen-bond donors (Lipinski definition) is 0. The van der Waals surface area contributed by atoms with Crippen LogP contribution in [0, 0.1) is 0 Å². The van der Waals surface area contributed by atoms with Crippen LogP contribution in [0.15, 0.2) is 30.3 Å². The van der Waals surface area contributed by atoms with Crippen LogP contribution in [0.3, 0.4) is 0 Å². The first-order valence-electron chi connectivity index (χ1n) is 6.53. The Morgan fingerprint density at radius 2 is 1.45 bits per heavy atom. The van der Waals surface area contributed by atoms with E-state index >= 15 is 0 Å². The smallest absolute Gasteiger partial charge is 0.313 e. The number of esters is 2. The van der Waals surface area contributed by atoms with Gasteiger partial charge in [-0.25, -0.2) is 0 Å². The molecule has 0 spiro atoms. The van der Waals surface area contributed by atoms with Crippen LogP contribution in [0.2, 0.25) is 25.2 Å². The van der Waals surface area contributed by atoms with E-state index in [0.29, 0.717) is 0 Å². The number of rotatable bonds is 5. The first-order valence-corrected chi connectivity index (χ1v) is 10.1. The Morgan fingerprint density at radius 1 is 0.950 bits per heavy atom. The summed E-state index contributed by atoms with van der Waals surface area (Å²) in [5, 5.41) is 0. The van der Waals surface area contributed by atoms with Gasteiger partial charge in [0.25, 0.3) is 0 Å². The third-order valence-electron chi connectivity index (χ3n) is 3.34. The number of benzene rings is 1. The van der Waals surface area contributed by atoms with Gasteiger partial charge in [-0.15, -0.1) is 0 Å². The lowest BCUT2D eigenvalue weighted by atomic mass is 9.95. The average molecular weight is 294 g/mol. The van der Waals surface area contributed by atoms with Gasteiger partial charge in [-0.2, -0.15) is 0 Å². The van der Waals surface area contributed by atoms with E-state index in [1.165, 1.54) is 14.2 Å². The summed E-state index contributed by atoms with van der Waals surface area (Å²) < 4.78 is 9.84. The zero-order valence-electron chi connectivity index (χ0n) is 12.7. The summed E-state index contributed by atoms with van der Waals surface area (Å²) >= 11 is 0. The number of methoxy groups -OCH3 is 2. The number of ether oxygens (including phenoxy) is 2. The first-order chi connectivity index (χ1) is 9.32. The second-order valence-corrected chi connectivity index (χ2v) is 11.1. The Morgan fingerprint density at radius 3 is 1.85 bits per heavy atom. The molecule has 0 fully saturated rings. The van der Waals surface area contributed by atoms with Crippen LogP contribution in [-0.2, 0) is 19.1 Å². The molecule has 0 saturated heterocycles. The molecule has 110 valence electrons. The van der Waals surface area contributed by atoms with Gasteiger partial charge in [0.05, 0.1) is 33.8 Å². The summed E-state index contributed by atoms with van der Waals surface area (Å²) in [6.45, 7) is 6.15. The number of hydrogen-bond acceptors (Lipinski definition) is 4. The molecule has 0 aliphatic rings. The molecule has 2 atom stereocenters. The predicted molar refractivity (Wildman–Crippen MR) is 80.3 cm³/mol. The molecular formula is C15H22O4Si. The van der Waals surface area contributed by atoms with Crippen LogP contribution in [0.1, 0.15) is 11.5 Å². The lowest BCUT2D eigenvalue weighted by Gasteiger charge is -2.32. The van der Waals surface area contributed by atoms with Crippen LogP contribution in [0.5, 0.6) is 0 Å². The zero-order chi connectivity index (χ0) is 15.3. The molecule has 1 aromatic rings. The van der Waals surface area contributed by atoms with Crippen molar-refractivity contribution in [3.8, 4) is 0 Å². The van der Waals surface area contributed by atoms with E-state index in [9.17, 15) is 9.59 Å². The quantitative estimate of drug-likeness (QED) is 0.619. The van der Waals surface area contributed by atoms with Crippen molar-refractivity contribution in [2.24, 2.45) is 0 Å². The highest BCUT2D eigenvalue weighted by molar-refractivity contribution is 6.80. The van der Waals surface area contributed by atoms with Crippen molar-refractivity contribution in [1.82, 2.24) is 0 Å². The summed E-state index contributed by atoms with van der Waals surface area (Å²) in [5.41, 5.74) is 0.319. The standard InChI is InChI=1S/C15H22O4Si/c1-18-14(16)12(11-9-7-6-8-10-11)13(15(17)19-2)20(3,4)5/h6-10,12-13H,1-5H3. The van der Waals surface area contributed by atoms with Crippen LogP contribution >= 0.6 is 0 Å². The molecule has 0 radical (unpaired) electrons. The summed E-state index contributed by atoms with van der Waals surface area (Å²) in [6.07, 6.45) is 0. The van der Waals surface area contributed by atoms with E-state index in [2.05, 4.69) is 0 Å². The van der Waals surface area contributed by atoms with Crippen LogP contribution in [0.4, 0.5) is 0 Å². The molecule has 1 aromatic carbocycles. The van der Waals surface area contributed by atoms with Gasteiger partial charge in [0.15, 0.2) is 0 Å². The molecule has 0 saturated carbocycles. The van der Waals surface area contributed by atoms with Gasteiger partial charge in [0.1, 0.15) is 0 Å². The molecule has 5 heteroatoms. The molecule has 0 heterocycles. The molecular weight excluding hydrogens is 272 g/mol. The first kappa shape index (κ1) is 16.4. The SMILES string of the molecule is COC(=O)C(c1ccccc1)C(C(=O)OC)[Si](C)(C)C. The minimum atomic E-state index is -1.97.